The number of hydrogen-bond donors (Lipinski definition) is 0. The molecule has 2 bridgehead atoms. The Morgan fingerprint density at radius 3 is 2.69 bits per heavy atom. The molecule has 13 heavy (non-hydrogen) atoms. The maximum atomic E-state index is 5.85. The molecule has 2 fully saturated rings. The van der Waals surface area contributed by atoms with Gasteiger partial charge in [0.1, 0.15) is 0 Å². The summed E-state index contributed by atoms with van der Waals surface area (Å²) >= 11 is 4.68. The normalized spacial score (nSPS) is 44.8. The number of ether oxygens (including phenoxy) is 1. The molecule has 0 aliphatic carbocycles. The predicted molar refractivity (Wildman–Crippen MR) is 59.9 cm³/mol. The molecule has 2 aliphatic heterocycles. The van der Waals surface area contributed by atoms with Crippen LogP contribution in [0.15, 0.2) is 0 Å². The van der Waals surface area contributed by atoms with Crippen molar-refractivity contribution >= 4 is 30.9 Å². The van der Waals surface area contributed by atoms with Crippen LogP contribution in [-0.4, -0.2) is 32.5 Å². The zero-order chi connectivity index (χ0) is 9.26. The van der Waals surface area contributed by atoms with Crippen LogP contribution in [0.25, 0.3) is 0 Å². The van der Waals surface area contributed by atoms with Crippen LogP contribution >= 0.6 is 15.9 Å². The van der Waals surface area contributed by atoms with Crippen LogP contribution in [0, 0.1) is 0 Å². The Morgan fingerprint density at radius 2 is 2.00 bits per heavy atom. The van der Waals surface area contributed by atoms with E-state index >= 15 is 0 Å². The van der Waals surface area contributed by atoms with Gasteiger partial charge >= 0.3 is 95.4 Å². The van der Waals surface area contributed by atoms with Crippen molar-refractivity contribution in [3.63, 3.8) is 0 Å². The zero-order valence-corrected chi connectivity index (χ0v) is 11.3. The van der Waals surface area contributed by atoms with E-state index in [0.29, 0.717) is 10.9 Å². The summed E-state index contributed by atoms with van der Waals surface area (Å²) in [5.41, 5.74) is 0. The molecule has 3 heteroatoms. The van der Waals surface area contributed by atoms with E-state index in [0.717, 1.165) is 31.2 Å². The number of fused-ring (bicyclic) bond motifs is 2. The monoisotopic (exact) mass is 312 g/mol. The number of rotatable bonds is 2. The third-order valence-electron chi connectivity index (χ3n) is 2.97. The van der Waals surface area contributed by atoms with E-state index in [1.54, 1.807) is 0 Å². The first kappa shape index (κ1) is 10.5. The topological polar surface area (TPSA) is 9.23 Å². The Balaban J connectivity index is 2.03. The molecule has 0 aromatic carbocycles. The summed E-state index contributed by atoms with van der Waals surface area (Å²) in [6, 6.07) is 0. The first-order valence-electron chi connectivity index (χ1n) is 5.24. The van der Waals surface area contributed by atoms with Crippen molar-refractivity contribution in [3.05, 3.63) is 0 Å². The molecule has 4 unspecified atom stereocenters. The van der Waals surface area contributed by atoms with Gasteiger partial charge in [0.2, 0.25) is 0 Å². The van der Waals surface area contributed by atoms with Gasteiger partial charge in [0.15, 0.2) is 0 Å². The van der Waals surface area contributed by atoms with E-state index < -0.39 is 0 Å². The van der Waals surface area contributed by atoms with Gasteiger partial charge in [0.25, 0.3) is 0 Å². The Morgan fingerprint density at radius 1 is 1.31 bits per heavy atom. The standard InChI is InChI=1S/C10H17BrOSe/c1-2-12-10-8-6-4-3-5-7(13-8)9(10)11/h7-10H,2-6H2,1H3. The van der Waals surface area contributed by atoms with E-state index in [1.807, 2.05) is 0 Å². The van der Waals surface area contributed by atoms with Crippen molar-refractivity contribution in [2.45, 2.75) is 53.2 Å². The number of alkyl halides is 1. The van der Waals surface area contributed by atoms with Gasteiger partial charge in [0, 0.05) is 0 Å². The van der Waals surface area contributed by atoms with Crippen molar-refractivity contribution in [2.75, 3.05) is 6.61 Å². The summed E-state index contributed by atoms with van der Waals surface area (Å²) in [5, 5.41) is 0. The summed E-state index contributed by atoms with van der Waals surface area (Å²) in [6.07, 6.45) is 6.28. The second kappa shape index (κ2) is 4.65. The fourth-order valence-electron chi connectivity index (χ4n) is 2.34. The number of halogens is 1. The summed E-state index contributed by atoms with van der Waals surface area (Å²) < 4.78 is 5.85. The zero-order valence-electron chi connectivity index (χ0n) is 8.04. The van der Waals surface area contributed by atoms with Gasteiger partial charge in [-0.2, -0.15) is 0 Å². The Labute approximate surface area is 95.3 Å². The Hall–Kier alpha value is 0.959. The summed E-state index contributed by atoms with van der Waals surface area (Å²) in [7, 11) is 0. The maximum absolute atomic E-state index is 5.85. The van der Waals surface area contributed by atoms with Crippen LogP contribution in [0.2, 0.25) is 9.63 Å². The second-order valence-corrected chi connectivity index (χ2v) is 8.03. The molecular weight excluding hydrogens is 295 g/mol. The van der Waals surface area contributed by atoms with Crippen molar-refractivity contribution in [1.82, 2.24) is 0 Å². The molecule has 2 heterocycles. The van der Waals surface area contributed by atoms with Crippen molar-refractivity contribution in [2.24, 2.45) is 0 Å². The van der Waals surface area contributed by atoms with E-state index in [4.69, 9.17) is 4.74 Å². The quantitative estimate of drug-likeness (QED) is 0.562. The summed E-state index contributed by atoms with van der Waals surface area (Å²) in [4.78, 5) is 2.53. The van der Waals surface area contributed by atoms with Gasteiger partial charge in [-0.3, -0.25) is 0 Å². The second-order valence-electron chi connectivity index (χ2n) is 3.86. The van der Waals surface area contributed by atoms with E-state index in [-0.39, 0.29) is 0 Å². The predicted octanol–water partition coefficient (Wildman–Crippen LogP) is 3.02. The molecular formula is C10H17BrOSe. The van der Waals surface area contributed by atoms with Crippen molar-refractivity contribution in [1.29, 1.82) is 0 Å². The molecule has 0 spiro atoms. The van der Waals surface area contributed by atoms with Gasteiger partial charge in [-0.25, -0.2) is 0 Å². The van der Waals surface area contributed by atoms with Crippen LogP contribution in [0.4, 0.5) is 0 Å². The van der Waals surface area contributed by atoms with Gasteiger partial charge in [0.05, 0.1) is 0 Å². The molecule has 0 N–H and O–H groups in total. The fourth-order valence-corrected chi connectivity index (χ4v) is 7.92. The third kappa shape index (κ3) is 2.14. The molecule has 0 amide bonds. The average molecular weight is 312 g/mol. The van der Waals surface area contributed by atoms with Crippen molar-refractivity contribution < 1.29 is 4.74 Å². The van der Waals surface area contributed by atoms with E-state index in [1.165, 1.54) is 25.7 Å². The first-order chi connectivity index (χ1) is 6.33. The molecule has 2 rings (SSSR count). The van der Waals surface area contributed by atoms with Crippen LogP contribution < -0.4 is 0 Å². The van der Waals surface area contributed by atoms with Gasteiger partial charge < -0.3 is 0 Å². The third-order valence-corrected chi connectivity index (χ3v) is 8.55. The van der Waals surface area contributed by atoms with Gasteiger partial charge in [-0.1, -0.05) is 0 Å². The van der Waals surface area contributed by atoms with Gasteiger partial charge in [-0.05, 0) is 0 Å². The minimum absolute atomic E-state index is 0.537. The molecule has 0 aromatic rings. The van der Waals surface area contributed by atoms with E-state index in [9.17, 15) is 0 Å². The summed E-state index contributed by atoms with van der Waals surface area (Å²) in [5.74, 6) is 0. The molecule has 0 saturated carbocycles. The average Bonchev–Trinajstić information content (AvgIpc) is 2.38. The molecule has 76 valence electrons. The molecule has 2 saturated heterocycles. The molecule has 2 aliphatic rings. The van der Waals surface area contributed by atoms with E-state index in [2.05, 4.69) is 22.9 Å². The van der Waals surface area contributed by atoms with Crippen LogP contribution in [-0.2, 0) is 4.74 Å². The van der Waals surface area contributed by atoms with Crippen LogP contribution in [0.5, 0.6) is 0 Å². The molecule has 0 radical (unpaired) electrons. The minimum atomic E-state index is 0.537. The van der Waals surface area contributed by atoms with Gasteiger partial charge in [-0.15, -0.1) is 0 Å². The van der Waals surface area contributed by atoms with Crippen molar-refractivity contribution in [3.8, 4) is 0 Å². The molecule has 4 atom stereocenters. The Bertz CT molecular complexity index is 176. The van der Waals surface area contributed by atoms with Crippen LogP contribution in [0.1, 0.15) is 32.6 Å². The summed E-state index contributed by atoms with van der Waals surface area (Å²) in [6.45, 7) is 2.99. The number of hydrogen-bond acceptors (Lipinski definition) is 1. The fraction of sp³-hybridized carbons (Fsp3) is 1.00. The van der Waals surface area contributed by atoms with Crippen LogP contribution in [0.3, 0.4) is 0 Å². The Kier molecular flexibility index (Phi) is 3.75. The first-order valence-corrected chi connectivity index (χ1v) is 8.13. The SMILES string of the molecule is CCOC1C2CCCCC([Se]2)C1Br. The molecule has 1 nitrogen and oxygen atoms in total. The molecule has 0 aromatic heterocycles.